The Morgan fingerprint density at radius 3 is 2.88 bits per heavy atom. The van der Waals surface area contributed by atoms with Crippen LogP contribution in [0.2, 0.25) is 0 Å². The van der Waals surface area contributed by atoms with E-state index in [9.17, 15) is 4.79 Å². The maximum absolute atomic E-state index is 10.8. The van der Waals surface area contributed by atoms with Gasteiger partial charge in [0.1, 0.15) is 0 Å². The van der Waals surface area contributed by atoms with E-state index in [0.29, 0.717) is 12.5 Å². The molecule has 0 radical (unpaired) electrons. The van der Waals surface area contributed by atoms with E-state index >= 15 is 0 Å². The van der Waals surface area contributed by atoms with Crippen molar-refractivity contribution in [2.45, 2.75) is 51.5 Å². The van der Waals surface area contributed by atoms with Gasteiger partial charge in [0, 0.05) is 12.6 Å². The highest BCUT2D eigenvalue weighted by molar-refractivity contribution is 5.69. The van der Waals surface area contributed by atoms with Crippen LogP contribution in [0.1, 0.15) is 50.8 Å². The number of hydrogen-bond donors (Lipinski definition) is 1. The topological polar surface area (TPSA) is 55.1 Å². The Bertz CT molecular complexity index is 381. The summed E-state index contributed by atoms with van der Waals surface area (Å²) in [7, 11) is 0. The molecule has 1 heterocycles. The second-order valence-corrected chi connectivity index (χ2v) is 5.02. The maximum atomic E-state index is 10.8. The van der Waals surface area contributed by atoms with Gasteiger partial charge in [0.25, 0.3) is 0 Å². The molecule has 1 aromatic heterocycles. The first-order valence-electron chi connectivity index (χ1n) is 6.43. The summed E-state index contributed by atoms with van der Waals surface area (Å²) < 4.78 is 2.03. The number of carbonyl (C=O) groups is 1. The van der Waals surface area contributed by atoms with Crippen molar-refractivity contribution in [3.05, 3.63) is 18.0 Å². The van der Waals surface area contributed by atoms with E-state index in [2.05, 4.69) is 5.10 Å². The monoisotopic (exact) mass is 236 g/mol. The number of nitrogens with zero attached hydrogens (tertiary/aromatic N) is 2. The summed E-state index contributed by atoms with van der Waals surface area (Å²) in [6.07, 6.45) is 8.83. The fourth-order valence-electron chi connectivity index (χ4n) is 2.44. The predicted octanol–water partition coefficient (Wildman–Crippen LogP) is 2.65. The normalized spacial score (nSPS) is 19.1. The molecule has 0 aliphatic heterocycles. The first-order chi connectivity index (χ1) is 8.16. The van der Waals surface area contributed by atoms with E-state index in [1.807, 2.05) is 16.9 Å². The van der Waals surface area contributed by atoms with Gasteiger partial charge in [-0.15, -0.1) is 0 Å². The number of hydrogen-bond acceptors (Lipinski definition) is 2. The molecule has 4 nitrogen and oxygen atoms in total. The molecule has 94 valence electrons. The molecule has 1 aliphatic carbocycles. The van der Waals surface area contributed by atoms with Gasteiger partial charge in [-0.3, -0.25) is 9.48 Å². The van der Waals surface area contributed by atoms with Crippen LogP contribution in [0, 0.1) is 5.92 Å². The molecular formula is C13H20N2O2. The molecule has 1 aliphatic rings. The van der Waals surface area contributed by atoms with Crippen molar-refractivity contribution in [2.75, 3.05) is 0 Å². The Hall–Kier alpha value is -1.32. The molecule has 0 bridgehead atoms. The zero-order valence-electron chi connectivity index (χ0n) is 10.3. The molecule has 1 saturated carbocycles. The van der Waals surface area contributed by atoms with Gasteiger partial charge in [0.05, 0.1) is 17.7 Å². The van der Waals surface area contributed by atoms with Crippen molar-refractivity contribution in [1.29, 1.82) is 0 Å². The van der Waals surface area contributed by atoms with Gasteiger partial charge < -0.3 is 5.11 Å². The molecule has 4 heteroatoms. The average Bonchev–Trinajstić information content (AvgIpc) is 2.78. The van der Waals surface area contributed by atoms with Gasteiger partial charge in [0.15, 0.2) is 0 Å². The molecular weight excluding hydrogens is 216 g/mol. The van der Waals surface area contributed by atoms with Crippen molar-refractivity contribution >= 4 is 5.97 Å². The van der Waals surface area contributed by atoms with E-state index in [-0.39, 0.29) is 5.92 Å². The molecule has 2 rings (SSSR count). The van der Waals surface area contributed by atoms with Crippen molar-refractivity contribution in [2.24, 2.45) is 5.92 Å². The fourth-order valence-corrected chi connectivity index (χ4v) is 2.44. The highest BCUT2D eigenvalue weighted by Crippen LogP contribution is 2.27. The lowest BCUT2D eigenvalue weighted by atomic mass is 9.96. The number of aliphatic carboxylic acids is 1. The highest BCUT2D eigenvalue weighted by Gasteiger charge is 2.17. The molecule has 17 heavy (non-hydrogen) atoms. The van der Waals surface area contributed by atoms with Crippen LogP contribution in [0.5, 0.6) is 0 Å². The lowest BCUT2D eigenvalue weighted by molar-refractivity contribution is -0.141. The summed E-state index contributed by atoms with van der Waals surface area (Å²) in [6, 6.07) is 2.48. The molecule has 1 unspecified atom stereocenters. The van der Waals surface area contributed by atoms with E-state index < -0.39 is 5.97 Å². The minimum absolute atomic E-state index is 0.357. The Labute approximate surface area is 102 Å². The van der Waals surface area contributed by atoms with Crippen molar-refractivity contribution in [3.63, 3.8) is 0 Å². The Morgan fingerprint density at radius 2 is 2.24 bits per heavy atom. The second-order valence-electron chi connectivity index (χ2n) is 5.02. The Kier molecular flexibility index (Phi) is 3.82. The first kappa shape index (κ1) is 12.1. The van der Waals surface area contributed by atoms with Gasteiger partial charge in [-0.25, -0.2) is 0 Å². The highest BCUT2D eigenvalue weighted by atomic mass is 16.4. The summed E-state index contributed by atoms with van der Waals surface area (Å²) in [6.45, 7) is 1.72. The first-order valence-corrected chi connectivity index (χ1v) is 6.43. The third-order valence-corrected chi connectivity index (χ3v) is 3.55. The Balaban J connectivity index is 1.97. The number of carboxylic acid groups (broad SMARTS) is 1. The lowest BCUT2D eigenvalue weighted by Crippen LogP contribution is -2.15. The van der Waals surface area contributed by atoms with Gasteiger partial charge >= 0.3 is 5.97 Å². The number of aromatic nitrogens is 2. The van der Waals surface area contributed by atoms with Gasteiger partial charge in [-0.1, -0.05) is 26.2 Å². The molecule has 1 N–H and O–H groups in total. The van der Waals surface area contributed by atoms with Crippen molar-refractivity contribution in [3.8, 4) is 0 Å². The van der Waals surface area contributed by atoms with Crippen LogP contribution in [0.4, 0.5) is 0 Å². The van der Waals surface area contributed by atoms with Crippen molar-refractivity contribution in [1.82, 2.24) is 9.78 Å². The molecule has 1 fully saturated rings. The second kappa shape index (κ2) is 5.34. The van der Waals surface area contributed by atoms with E-state index in [1.54, 1.807) is 6.92 Å². The fraction of sp³-hybridized carbons (Fsp3) is 0.692. The van der Waals surface area contributed by atoms with Gasteiger partial charge in [-0.05, 0) is 18.9 Å². The van der Waals surface area contributed by atoms with Gasteiger partial charge in [0.2, 0.25) is 0 Å². The third-order valence-electron chi connectivity index (χ3n) is 3.55. The zero-order valence-corrected chi connectivity index (χ0v) is 10.3. The lowest BCUT2D eigenvalue weighted by Gasteiger charge is -2.21. The standard InChI is InChI=1S/C13H20N2O2/c1-10(13(16)17)9-11-7-8-15(14-11)12-5-3-2-4-6-12/h7-8,10,12H,2-6,9H2,1H3,(H,16,17). The molecule has 0 aromatic carbocycles. The van der Waals surface area contributed by atoms with Crippen LogP contribution in [0.25, 0.3) is 0 Å². The number of carboxylic acids is 1. The number of rotatable bonds is 4. The third kappa shape index (κ3) is 3.08. The summed E-state index contributed by atoms with van der Waals surface area (Å²) >= 11 is 0. The quantitative estimate of drug-likeness (QED) is 0.874. The van der Waals surface area contributed by atoms with Crippen LogP contribution in [0.15, 0.2) is 12.3 Å². The molecule has 1 atom stereocenters. The average molecular weight is 236 g/mol. The minimum Gasteiger partial charge on any atom is -0.481 e. The van der Waals surface area contributed by atoms with E-state index in [0.717, 1.165) is 5.69 Å². The van der Waals surface area contributed by atoms with Crippen LogP contribution < -0.4 is 0 Å². The van der Waals surface area contributed by atoms with Crippen LogP contribution in [-0.4, -0.2) is 20.9 Å². The van der Waals surface area contributed by atoms with E-state index in [1.165, 1.54) is 32.1 Å². The van der Waals surface area contributed by atoms with Crippen LogP contribution in [0.3, 0.4) is 0 Å². The van der Waals surface area contributed by atoms with Gasteiger partial charge in [-0.2, -0.15) is 5.10 Å². The summed E-state index contributed by atoms with van der Waals surface area (Å²) in [5.74, 6) is -1.11. The predicted molar refractivity (Wildman–Crippen MR) is 64.9 cm³/mol. The summed E-state index contributed by atoms with van der Waals surface area (Å²) in [4.78, 5) is 10.8. The smallest absolute Gasteiger partial charge is 0.306 e. The van der Waals surface area contributed by atoms with Crippen LogP contribution in [-0.2, 0) is 11.2 Å². The molecule has 0 spiro atoms. The van der Waals surface area contributed by atoms with Crippen LogP contribution >= 0.6 is 0 Å². The zero-order chi connectivity index (χ0) is 12.3. The largest absolute Gasteiger partial charge is 0.481 e. The molecule has 0 amide bonds. The SMILES string of the molecule is CC(Cc1ccn(C2CCCCC2)n1)C(=O)O. The molecule has 0 saturated heterocycles. The van der Waals surface area contributed by atoms with E-state index in [4.69, 9.17) is 5.11 Å². The minimum atomic E-state index is -0.753. The molecule has 1 aromatic rings. The maximum Gasteiger partial charge on any atom is 0.306 e. The van der Waals surface area contributed by atoms with Crippen molar-refractivity contribution < 1.29 is 9.90 Å². The summed E-state index contributed by atoms with van der Waals surface area (Å²) in [5.41, 5.74) is 0.894. The Morgan fingerprint density at radius 1 is 1.53 bits per heavy atom. The summed E-state index contributed by atoms with van der Waals surface area (Å²) in [5, 5.41) is 13.4.